The third-order valence-electron chi connectivity index (χ3n) is 5.19. The average molecular weight is 389 g/mol. The first-order chi connectivity index (χ1) is 13.9. The van der Waals surface area contributed by atoms with Gasteiger partial charge in [0.25, 0.3) is 0 Å². The van der Waals surface area contributed by atoms with Gasteiger partial charge in [-0.05, 0) is 44.5 Å². The topological polar surface area (TPSA) is 91.0 Å². The zero-order chi connectivity index (χ0) is 20.5. The molecule has 4 rings (SSSR count). The number of hydrogen-bond acceptors (Lipinski definition) is 4. The van der Waals surface area contributed by atoms with Gasteiger partial charge in [-0.1, -0.05) is 29.8 Å². The van der Waals surface area contributed by atoms with Crippen LogP contribution in [0.5, 0.6) is 0 Å². The van der Waals surface area contributed by atoms with E-state index in [2.05, 4.69) is 20.5 Å². The summed E-state index contributed by atoms with van der Waals surface area (Å²) in [5.74, 6) is 0.735. The van der Waals surface area contributed by atoms with Gasteiger partial charge in [0.15, 0.2) is 5.82 Å². The predicted molar refractivity (Wildman–Crippen MR) is 112 cm³/mol. The van der Waals surface area contributed by atoms with Crippen LogP contribution in [0.2, 0.25) is 0 Å². The normalized spacial score (nSPS) is 16.3. The zero-order valence-electron chi connectivity index (χ0n) is 16.7. The molecular formula is C22H23N5O2. The molecule has 1 aliphatic heterocycles. The second-order valence-corrected chi connectivity index (χ2v) is 7.50. The average Bonchev–Trinajstić information content (AvgIpc) is 3.30. The highest BCUT2D eigenvalue weighted by atomic mass is 16.2. The molecule has 1 fully saturated rings. The number of nitrogens with zero attached hydrogens (tertiary/aromatic N) is 3. The van der Waals surface area contributed by atoms with Gasteiger partial charge in [0, 0.05) is 29.9 Å². The third-order valence-corrected chi connectivity index (χ3v) is 5.19. The minimum atomic E-state index is -0.391. The molecule has 29 heavy (non-hydrogen) atoms. The number of rotatable bonds is 4. The molecule has 1 aromatic heterocycles. The third kappa shape index (κ3) is 3.89. The van der Waals surface area contributed by atoms with Gasteiger partial charge in [0.05, 0.1) is 5.92 Å². The standard InChI is InChI=1S/C22H23N5O2/c1-13-4-8-18(9-5-13)27-12-17(11-20(27)28)22(29)24-19-10-16(7-6-14(19)2)21-23-15(3)25-26-21/h4-10,17H,11-12H2,1-3H3,(H,24,29)(H,23,25,26). The second kappa shape index (κ2) is 7.50. The van der Waals surface area contributed by atoms with Gasteiger partial charge in [0.1, 0.15) is 5.82 Å². The van der Waals surface area contributed by atoms with Crippen LogP contribution in [0.1, 0.15) is 23.4 Å². The van der Waals surface area contributed by atoms with Crippen LogP contribution in [-0.2, 0) is 9.59 Å². The Morgan fingerprint density at radius 3 is 2.59 bits per heavy atom. The van der Waals surface area contributed by atoms with E-state index < -0.39 is 5.92 Å². The molecule has 148 valence electrons. The molecule has 7 nitrogen and oxygen atoms in total. The Morgan fingerprint density at radius 1 is 1.14 bits per heavy atom. The first-order valence-electron chi connectivity index (χ1n) is 9.58. The number of carbonyl (C=O) groups excluding carboxylic acids is 2. The van der Waals surface area contributed by atoms with Crippen molar-refractivity contribution in [2.75, 3.05) is 16.8 Å². The van der Waals surface area contributed by atoms with Crippen molar-refractivity contribution in [1.29, 1.82) is 0 Å². The van der Waals surface area contributed by atoms with Gasteiger partial charge in [-0.25, -0.2) is 4.98 Å². The number of aryl methyl sites for hydroxylation is 3. The van der Waals surface area contributed by atoms with Crippen LogP contribution in [-0.4, -0.2) is 33.5 Å². The number of nitrogens with one attached hydrogen (secondary N) is 2. The Hall–Kier alpha value is -3.48. The van der Waals surface area contributed by atoms with Crippen LogP contribution < -0.4 is 10.2 Å². The number of carbonyl (C=O) groups is 2. The molecule has 1 atom stereocenters. The fourth-order valence-corrected chi connectivity index (χ4v) is 3.46. The van der Waals surface area contributed by atoms with Crippen molar-refractivity contribution in [1.82, 2.24) is 15.2 Å². The summed E-state index contributed by atoms with van der Waals surface area (Å²) in [4.78, 5) is 31.4. The van der Waals surface area contributed by atoms with Crippen molar-refractivity contribution in [2.24, 2.45) is 5.92 Å². The van der Waals surface area contributed by atoms with Gasteiger partial charge in [-0.15, -0.1) is 0 Å². The van der Waals surface area contributed by atoms with Crippen LogP contribution >= 0.6 is 0 Å². The summed E-state index contributed by atoms with van der Waals surface area (Å²) in [6.45, 7) is 6.15. The van der Waals surface area contributed by atoms with Crippen molar-refractivity contribution in [3.05, 3.63) is 59.4 Å². The monoisotopic (exact) mass is 389 g/mol. The lowest BCUT2D eigenvalue weighted by molar-refractivity contribution is -0.122. The second-order valence-electron chi connectivity index (χ2n) is 7.50. The van der Waals surface area contributed by atoms with Crippen molar-refractivity contribution >= 4 is 23.2 Å². The van der Waals surface area contributed by atoms with Crippen LogP contribution in [0.3, 0.4) is 0 Å². The lowest BCUT2D eigenvalue weighted by Crippen LogP contribution is -2.28. The van der Waals surface area contributed by atoms with Crippen LogP contribution in [0.15, 0.2) is 42.5 Å². The maximum absolute atomic E-state index is 12.9. The van der Waals surface area contributed by atoms with Gasteiger partial charge in [-0.3, -0.25) is 14.7 Å². The Labute approximate surface area is 169 Å². The van der Waals surface area contributed by atoms with Gasteiger partial charge in [0.2, 0.25) is 11.8 Å². The first-order valence-corrected chi connectivity index (χ1v) is 9.58. The molecule has 2 N–H and O–H groups in total. The van der Waals surface area contributed by atoms with E-state index in [9.17, 15) is 9.59 Å². The molecule has 1 aliphatic rings. The number of aromatic nitrogens is 3. The van der Waals surface area contributed by atoms with Gasteiger partial charge >= 0.3 is 0 Å². The fourth-order valence-electron chi connectivity index (χ4n) is 3.46. The fraction of sp³-hybridized carbons (Fsp3) is 0.273. The van der Waals surface area contributed by atoms with E-state index in [-0.39, 0.29) is 18.2 Å². The summed E-state index contributed by atoms with van der Waals surface area (Å²) < 4.78 is 0. The zero-order valence-corrected chi connectivity index (χ0v) is 16.7. The van der Waals surface area contributed by atoms with Crippen molar-refractivity contribution in [3.63, 3.8) is 0 Å². The molecule has 0 spiro atoms. The van der Waals surface area contributed by atoms with E-state index in [0.29, 0.717) is 18.1 Å². The number of benzene rings is 2. The number of H-pyrrole nitrogens is 1. The largest absolute Gasteiger partial charge is 0.326 e. The van der Waals surface area contributed by atoms with Crippen molar-refractivity contribution in [3.8, 4) is 11.4 Å². The van der Waals surface area contributed by atoms with Crippen molar-refractivity contribution < 1.29 is 9.59 Å². The Morgan fingerprint density at radius 2 is 1.90 bits per heavy atom. The highest BCUT2D eigenvalue weighted by Gasteiger charge is 2.35. The molecule has 7 heteroatoms. The Kier molecular flexibility index (Phi) is 4.88. The lowest BCUT2D eigenvalue weighted by Gasteiger charge is -2.17. The summed E-state index contributed by atoms with van der Waals surface area (Å²) >= 11 is 0. The summed E-state index contributed by atoms with van der Waals surface area (Å²) in [7, 11) is 0. The van der Waals surface area contributed by atoms with Gasteiger partial charge < -0.3 is 10.2 Å². The predicted octanol–water partition coefficient (Wildman–Crippen LogP) is 3.39. The highest BCUT2D eigenvalue weighted by Crippen LogP contribution is 2.28. The lowest BCUT2D eigenvalue weighted by atomic mass is 10.1. The molecule has 3 aromatic rings. The highest BCUT2D eigenvalue weighted by molar-refractivity contribution is 6.03. The molecule has 0 radical (unpaired) electrons. The summed E-state index contributed by atoms with van der Waals surface area (Å²) in [5, 5.41) is 9.98. The maximum Gasteiger partial charge on any atom is 0.229 e. The Balaban J connectivity index is 1.49. The molecule has 0 aliphatic carbocycles. The Bertz CT molecular complexity index is 1070. The number of aromatic amines is 1. The number of anilines is 2. The van der Waals surface area contributed by atoms with E-state index in [1.165, 1.54) is 0 Å². The molecule has 0 bridgehead atoms. The molecule has 2 amide bonds. The van der Waals surface area contributed by atoms with Crippen LogP contribution in [0, 0.1) is 26.7 Å². The number of amides is 2. The van der Waals surface area contributed by atoms with E-state index in [0.717, 1.165) is 28.2 Å². The van der Waals surface area contributed by atoms with Crippen LogP contribution in [0.25, 0.3) is 11.4 Å². The minimum absolute atomic E-state index is 0.0318. The maximum atomic E-state index is 12.9. The van der Waals surface area contributed by atoms with Crippen LogP contribution in [0.4, 0.5) is 11.4 Å². The van der Waals surface area contributed by atoms with E-state index >= 15 is 0 Å². The smallest absolute Gasteiger partial charge is 0.229 e. The molecule has 2 heterocycles. The summed E-state index contributed by atoms with van der Waals surface area (Å²) in [6, 6.07) is 13.5. The molecule has 1 unspecified atom stereocenters. The SMILES string of the molecule is Cc1ccc(N2CC(C(=O)Nc3cc(-c4n[nH]c(C)n4)ccc3C)CC2=O)cc1. The molecular weight excluding hydrogens is 366 g/mol. The van der Waals surface area contributed by atoms with Gasteiger partial charge in [-0.2, -0.15) is 5.10 Å². The molecule has 1 saturated heterocycles. The van der Waals surface area contributed by atoms with E-state index in [1.54, 1.807) is 4.90 Å². The summed E-state index contributed by atoms with van der Waals surface area (Å²) in [5.41, 5.74) is 4.42. The van der Waals surface area contributed by atoms with E-state index in [1.807, 2.05) is 63.2 Å². The minimum Gasteiger partial charge on any atom is -0.326 e. The first kappa shape index (κ1) is 18.9. The molecule has 0 saturated carbocycles. The molecule has 2 aromatic carbocycles. The number of hydrogen-bond donors (Lipinski definition) is 2. The summed E-state index contributed by atoms with van der Waals surface area (Å²) in [6.07, 6.45) is 0.207. The van der Waals surface area contributed by atoms with E-state index in [4.69, 9.17) is 0 Å². The quantitative estimate of drug-likeness (QED) is 0.716. The van der Waals surface area contributed by atoms with Crippen molar-refractivity contribution in [2.45, 2.75) is 27.2 Å².